The lowest BCUT2D eigenvalue weighted by atomic mass is 9.96. The van der Waals surface area contributed by atoms with E-state index in [1.54, 1.807) is 6.07 Å². The Hall–Kier alpha value is -0.270. The van der Waals surface area contributed by atoms with Gasteiger partial charge in [0.1, 0.15) is 4.34 Å². The summed E-state index contributed by atoms with van der Waals surface area (Å²) < 4.78 is 1.02. The Morgan fingerprint density at radius 1 is 1.57 bits per heavy atom. The maximum atomic E-state index is 9.95. The Bertz CT molecular complexity index is 405. The number of aliphatic hydroxyl groups excluding tert-OH is 1. The molecular weight excluding hydrogens is 241 g/mol. The quantitative estimate of drug-likeness (QED) is 0.871. The topological polar surface area (TPSA) is 44.0 Å². The summed E-state index contributed by atoms with van der Waals surface area (Å²) >= 11 is 12.9. The fourth-order valence-electron chi connectivity index (χ4n) is 1.42. The first-order chi connectivity index (χ1) is 6.59. The molecule has 0 aliphatic heterocycles. The Balaban J connectivity index is 2.32. The highest BCUT2D eigenvalue weighted by atomic mass is 35.5. The van der Waals surface area contributed by atoms with E-state index in [1.807, 2.05) is 0 Å². The van der Waals surface area contributed by atoms with Crippen molar-refractivity contribution in [2.24, 2.45) is 5.41 Å². The van der Waals surface area contributed by atoms with Gasteiger partial charge in [-0.05, 0) is 18.9 Å². The third-order valence-corrected chi connectivity index (χ3v) is 4.03. The molecular formula is C9H7Cl2NOS. The van der Waals surface area contributed by atoms with E-state index in [1.165, 1.54) is 11.3 Å². The van der Waals surface area contributed by atoms with E-state index in [0.717, 1.165) is 12.8 Å². The average molecular weight is 248 g/mol. The van der Waals surface area contributed by atoms with Gasteiger partial charge in [-0.3, -0.25) is 0 Å². The van der Waals surface area contributed by atoms with Crippen molar-refractivity contribution in [2.45, 2.75) is 18.9 Å². The molecule has 0 aromatic carbocycles. The Morgan fingerprint density at radius 3 is 2.57 bits per heavy atom. The fraction of sp³-hybridized carbons (Fsp3) is 0.444. The highest BCUT2D eigenvalue weighted by molar-refractivity contribution is 7.20. The molecule has 1 saturated carbocycles. The molecule has 1 heterocycles. The van der Waals surface area contributed by atoms with Crippen LogP contribution < -0.4 is 0 Å². The average Bonchev–Trinajstić information content (AvgIpc) is 2.87. The molecule has 2 rings (SSSR count). The molecule has 74 valence electrons. The lowest BCUT2D eigenvalue weighted by molar-refractivity contribution is 0.123. The molecule has 1 fully saturated rings. The van der Waals surface area contributed by atoms with Crippen LogP contribution >= 0.6 is 34.5 Å². The zero-order valence-corrected chi connectivity index (χ0v) is 9.46. The third kappa shape index (κ3) is 1.53. The smallest absolute Gasteiger partial charge is 0.100 e. The lowest BCUT2D eigenvalue weighted by Gasteiger charge is -2.13. The second kappa shape index (κ2) is 3.39. The SMILES string of the molecule is N#CC1(C(O)c2cc(Cl)sc2Cl)CC1. The molecule has 0 spiro atoms. The molecule has 1 aromatic heterocycles. The predicted molar refractivity (Wildman–Crippen MR) is 56.6 cm³/mol. The van der Waals surface area contributed by atoms with Crippen molar-refractivity contribution >= 4 is 34.5 Å². The van der Waals surface area contributed by atoms with Crippen LogP contribution in [0.4, 0.5) is 0 Å². The van der Waals surface area contributed by atoms with Crippen molar-refractivity contribution in [3.63, 3.8) is 0 Å². The first kappa shape index (κ1) is 10.3. The van der Waals surface area contributed by atoms with Crippen LogP contribution in [0.5, 0.6) is 0 Å². The van der Waals surface area contributed by atoms with Gasteiger partial charge < -0.3 is 5.11 Å². The first-order valence-corrected chi connectivity index (χ1v) is 5.70. The minimum absolute atomic E-state index is 0.476. The van der Waals surface area contributed by atoms with E-state index < -0.39 is 11.5 Å². The van der Waals surface area contributed by atoms with Gasteiger partial charge in [0.05, 0.1) is 21.9 Å². The van der Waals surface area contributed by atoms with Gasteiger partial charge in [-0.15, -0.1) is 11.3 Å². The largest absolute Gasteiger partial charge is 0.387 e. The zero-order valence-electron chi connectivity index (χ0n) is 7.13. The number of thiophene rings is 1. The summed E-state index contributed by atoms with van der Waals surface area (Å²) in [5.74, 6) is 0. The van der Waals surface area contributed by atoms with Crippen LogP contribution in [0.2, 0.25) is 8.67 Å². The van der Waals surface area contributed by atoms with Gasteiger partial charge in [0, 0.05) is 5.56 Å². The monoisotopic (exact) mass is 247 g/mol. The summed E-state index contributed by atoms with van der Waals surface area (Å²) in [5.41, 5.74) is -0.0330. The van der Waals surface area contributed by atoms with E-state index in [2.05, 4.69) is 6.07 Å². The summed E-state index contributed by atoms with van der Waals surface area (Å²) in [4.78, 5) is 0. The summed E-state index contributed by atoms with van der Waals surface area (Å²) in [7, 11) is 0. The number of aliphatic hydroxyl groups is 1. The van der Waals surface area contributed by atoms with Crippen LogP contribution in [0.3, 0.4) is 0 Å². The molecule has 14 heavy (non-hydrogen) atoms. The Labute approximate surface area is 95.7 Å². The molecule has 0 amide bonds. The van der Waals surface area contributed by atoms with Crippen molar-refractivity contribution in [3.05, 3.63) is 20.3 Å². The van der Waals surface area contributed by atoms with Gasteiger partial charge in [0.15, 0.2) is 0 Å². The number of halogens is 2. The number of nitrogens with zero attached hydrogens (tertiary/aromatic N) is 1. The predicted octanol–water partition coefficient (Wildman–Crippen LogP) is 3.39. The summed E-state index contributed by atoms with van der Waals surface area (Å²) in [6.45, 7) is 0. The normalized spacial score (nSPS) is 20.1. The summed E-state index contributed by atoms with van der Waals surface area (Å²) in [6.07, 6.45) is 0.659. The van der Waals surface area contributed by atoms with Crippen LogP contribution in [0, 0.1) is 16.7 Å². The van der Waals surface area contributed by atoms with Crippen molar-refractivity contribution in [3.8, 4) is 6.07 Å². The number of nitriles is 1. The van der Waals surface area contributed by atoms with Crippen molar-refractivity contribution < 1.29 is 5.11 Å². The zero-order chi connectivity index (χ0) is 10.3. The van der Waals surface area contributed by atoms with Gasteiger partial charge in [-0.2, -0.15) is 5.26 Å². The van der Waals surface area contributed by atoms with Gasteiger partial charge >= 0.3 is 0 Å². The van der Waals surface area contributed by atoms with Crippen LogP contribution in [0.1, 0.15) is 24.5 Å². The minimum atomic E-state index is -0.802. The van der Waals surface area contributed by atoms with Crippen molar-refractivity contribution in [1.29, 1.82) is 5.26 Å². The molecule has 1 aliphatic rings. The van der Waals surface area contributed by atoms with Crippen molar-refractivity contribution in [1.82, 2.24) is 0 Å². The molecule has 1 aromatic rings. The van der Waals surface area contributed by atoms with E-state index in [9.17, 15) is 5.11 Å². The van der Waals surface area contributed by atoms with Gasteiger partial charge in [0.25, 0.3) is 0 Å². The Morgan fingerprint density at radius 2 is 2.21 bits per heavy atom. The molecule has 0 saturated heterocycles. The van der Waals surface area contributed by atoms with E-state index in [4.69, 9.17) is 28.5 Å². The number of hydrogen-bond acceptors (Lipinski definition) is 3. The molecule has 5 heteroatoms. The van der Waals surface area contributed by atoms with Crippen LogP contribution in [0.15, 0.2) is 6.07 Å². The molecule has 1 unspecified atom stereocenters. The second-order valence-electron chi connectivity index (χ2n) is 3.45. The van der Waals surface area contributed by atoms with E-state index in [0.29, 0.717) is 14.2 Å². The van der Waals surface area contributed by atoms with Crippen LogP contribution in [-0.2, 0) is 0 Å². The van der Waals surface area contributed by atoms with Gasteiger partial charge in [0.2, 0.25) is 0 Å². The maximum absolute atomic E-state index is 9.95. The number of hydrogen-bond donors (Lipinski definition) is 1. The van der Waals surface area contributed by atoms with Crippen molar-refractivity contribution in [2.75, 3.05) is 0 Å². The van der Waals surface area contributed by atoms with Gasteiger partial charge in [-0.25, -0.2) is 0 Å². The van der Waals surface area contributed by atoms with Gasteiger partial charge in [-0.1, -0.05) is 23.2 Å². The number of rotatable bonds is 2. The molecule has 0 radical (unpaired) electrons. The lowest BCUT2D eigenvalue weighted by Crippen LogP contribution is -2.10. The Kier molecular flexibility index (Phi) is 2.48. The molecule has 0 bridgehead atoms. The molecule has 1 N–H and O–H groups in total. The highest BCUT2D eigenvalue weighted by Gasteiger charge is 2.51. The molecule has 1 atom stereocenters. The summed E-state index contributed by atoms with van der Waals surface area (Å²) in [6, 6.07) is 3.78. The molecule has 2 nitrogen and oxygen atoms in total. The standard InChI is InChI=1S/C9H7Cl2NOS/c10-6-3-5(8(11)14-6)7(13)9(4-12)1-2-9/h3,7,13H,1-2H2. The third-order valence-electron chi connectivity index (χ3n) is 2.51. The maximum Gasteiger partial charge on any atom is 0.100 e. The second-order valence-corrected chi connectivity index (χ2v) is 5.74. The van der Waals surface area contributed by atoms with Crippen LogP contribution in [-0.4, -0.2) is 5.11 Å². The van der Waals surface area contributed by atoms with E-state index >= 15 is 0 Å². The molecule has 1 aliphatic carbocycles. The summed E-state index contributed by atoms with van der Waals surface area (Å²) in [5, 5.41) is 18.8. The van der Waals surface area contributed by atoms with E-state index in [-0.39, 0.29) is 0 Å². The fourth-order valence-corrected chi connectivity index (χ4v) is 2.94. The van der Waals surface area contributed by atoms with Crippen LogP contribution in [0.25, 0.3) is 0 Å². The minimum Gasteiger partial charge on any atom is -0.387 e. The highest BCUT2D eigenvalue weighted by Crippen LogP contribution is 2.56. The first-order valence-electron chi connectivity index (χ1n) is 4.13.